The fourth-order valence-corrected chi connectivity index (χ4v) is 0.500. The quantitative estimate of drug-likeness (QED) is 0.557. The predicted molar refractivity (Wildman–Crippen MR) is 40.5 cm³/mol. The first-order chi connectivity index (χ1) is 3.98. The summed E-state index contributed by atoms with van der Waals surface area (Å²) >= 11 is 0. The van der Waals surface area contributed by atoms with Crippen LogP contribution in [-0.4, -0.2) is 13.7 Å². The van der Waals surface area contributed by atoms with Gasteiger partial charge in [-0.05, 0) is 11.3 Å². The summed E-state index contributed by atoms with van der Waals surface area (Å²) in [6, 6.07) is 0. The van der Waals surface area contributed by atoms with Gasteiger partial charge in [0, 0.05) is 13.7 Å². The van der Waals surface area contributed by atoms with Gasteiger partial charge < -0.3 is 4.74 Å². The van der Waals surface area contributed by atoms with E-state index in [0.717, 1.165) is 6.61 Å². The van der Waals surface area contributed by atoms with Crippen molar-refractivity contribution in [1.82, 2.24) is 0 Å². The minimum absolute atomic E-state index is 0.385. The Bertz CT molecular complexity index is 71.1. The molecule has 0 rings (SSSR count). The van der Waals surface area contributed by atoms with Crippen molar-refractivity contribution >= 4 is 0 Å². The molecule has 9 heavy (non-hydrogen) atoms. The van der Waals surface area contributed by atoms with Gasteiger partial charge in [-0.2, -0.15) is 0 Å². The molecular formula is C8H18O. The second kappa shape index (κ2) is 3.21. The van der Waals surface area contributed by atoms with Crippen molar-refractivity contribution in [3.05, 3.63) is 0 Å². The molecule has 0 N–H and O–H groups in total. The molecule has 0 heterocycles. The van der Waals surface area contributed by atoms with Crippen LogP contribution < -0.4 is 0 Å². The molecule has 0 aromatic carbocycles. The Morgan fingerprint density at radius 2 is 1.78 bits per heavy atom. The predicted octanol–water partition coefficient (Wildman–Crippen LogP) is 2.32. The van der Waals surface area contributed by atoms with Gasteiger partial charge in [0.1, 0.15) is 0 Å². The Morgan fingerprint density at radius 3 is 1.89 bits per heavy atom. The van der Waals surface area contributed by atoms with Crippen molar-refractivity contribution in [1.29, 1.82) is 0 Å². The van der Waals surface area contributed by atoms with Crippen LogP contribution in [0.3, 0.4) is 0 Å². The van der Waals surface area contributed by atoms with Gasteiger partial charge in [-0.1, -0.05) is 27.7 Å². The minimum Gasteiger partial charge on any atom is -0.384 e. The average Bonchev–Trinajstić information content (AvgIpc) is 1.64. The highest BCUT2D eigenvalue weighted by Crippen LogP contribution is 2.24. The molecule has 0 amide bonds. The molecule has 0 aromatic heterocycles. The summed E-state index contributed by atoms with van der Waals surface area (Å²) in [5.41, 5.74) is 0.385. The van der Waals surface area contributed by atoms with E-state index >= 15 is 0 Å². The van der Waals surface area contributed by atoms with E-state index in [-0.39, 0.29) is 0 Å². The maximum absolute atomic E-state index is 5.03. The van der Waals surface area contributed by atoms with Crippen molar-refractivity contribution in [2.45, 2.75) is 27.7 Å². The van der Waals surface area contributed by atoms with Crippen LogP contribution in [-0.2, 0) is 4.74 Å². The molecule has 0 aromatic rings. The second-order valence-corrected chi connectivity index (χ2v) is 3.72. The summed E-state index contributed by atoms with van der Waals surface area (Å²) in [4.78, 5) is 0. The minimum atomic E-state index is 0.385. The lowest BCUT2D eigenvalue weighted by atomic mass is 9.83. The monoisotopic (exact) mass is 130 g/mol. The molecule has 0 aliphatic rings. The van der Waals surface area contributed by atoms with Crippen LogP contribution in [0.15, 0.2) is 0 Å². The molecule has 0 spiro atoms. The molecule has 1 heteroatoms. The molecule has 0 saturated carbocycles. The Morgan fingerprint density at radius 1 is 1.33 bits per heavy atom. The highest BCUT2D eigenvalue weighted by molar-refractivity contribution is 4.68. The van der Waals surface area contributed by atoms with E-state index in [1.165, 1.54) is 0 Å². The molecule has 0 fully saturated rings. The van der Waals surface area contributed by atoms with Crippen molar-refractivity contribution in [3.63, 3.8) is 0 Å². The number of methoxy groups -OCH3 is 1. The Hall–Kier alpha value is -0.0400. The van der Waals surface area contributed by atoms with E-state index < -0.39 is 0 Å². The molecule has 56 valence electrons. The topological polar surface area (TPSA) is 9.23 Å². The van der Waals surface area contributed by atoms with Crippen molar-refractivity contribution in [3.8, 4) is 0 Å². The molecular weight excluding hydrogens is 112 g/mol. The smallest absolute Gasteiger partial charge is 0.0492 e. The first-order valence-corrected chi connectivity index (χ1v) is 3.47. The van der Waals surface area contributed by atoms with E-state index in [2.05, 4.69) is 27.7 Å². The Balaban J connectivity index is 3.59. The summed E-state index contributed by atoms with van der Waals surface area (Å²) in [6.07, 6.45) is 0. The molecule has 0 radical (unpaired) electrons. The first-order valence-electron chi connectivity index (χ1n) is 3.47. The fraction of sp³-hybridized carbons (Fsp3) is 1.00. The summed E-state index contributed by atoms with van der Waals surface area (Å²) in [5.74, 6) is 0.641. The van der Waals surface area contributed by atoms with Crippen LogP contribution in [0.25, 0.3) is 0 Å². The number of rotatable bonds is 2. The van der Waals surface area contributed by atoms with Gasteiger partial charge in [0.15, 0.2) is 0 Å². The highest BCUT2D eigenvalue weighted by atomic mass is 16.5. The van der Waals surface area contributed by atoms with Crippen molar-refractivity contribution < 1.29 is 4.74 Å². The van der Waals surface area contributed by atoms with E-state index in [1.807, 2.05) is 0 Å². The van der Waals surface area contributed by atoms with Crippen LogP contribution in [0, 0.1) is 11.3 Å². The van der Waals surface area contributed by atoms with Crippen LogP contribution in [0.1, 0.15) is 27.7 Å². The molecule has 1 nitrogen and oxygen atoms in total. The van der Waals surface area contributed by atoms with Crippen molar-refractivity contribution in [2.75, 3.05) is 13.7 Å². The zero-order valence-corrected chi connectivity index (χ0v) is 7.19. The van der Waals surface area contributed by atoms with Gasteiger partial charge in [0.25, 0.3) is 0 Å². The fourth-order valence-electron chi connectivity index (χ4n) is 0.500. The zero-order chi connectivity index (χ0) is 7.49. The van der Waals surface area contributed by atoms with Crippen LogP contribution in [0.2, 0.25) is 0 Å². The van der Waals surface area contributed by atoms with Gasteiger partial charge >= 0.3 is 0 Å². The van der Waals surface area contributed by atoms with E-state index in [9.17, 15) is 0 Å². The van der Waals surface area contributed by atoms with Crippen molar-refractivity contribution in [2.24, 2.45) is 11.3 Å². The standard InChI is InChI=1S/C8H18O/c1-7(6-9-5)8(2,3)4/h7H,6H2,1-5H3/t7-/m0/s1. The molecule has 0 aliphatic carbocycles. The molecule has 0 bridgehead atoms. The number of ether oxygens (including phenoxy) is 1. The third-order valence-electron chi connectivity index (χ3n) is 1.90. The van der Waals surface area contributed by atoms with Gasteiger partial charge in [-0.25, -0.2) is 0 Å². The van der Waals surface area contributed by atoms with Crippen LogP contribution in [0.5, 0.6) is 0 Å². The van der Waals surface area contributed by atoms with E-state index in [1.54, 1.807) is 7.11 Å². The van der Waals surface area contributed by atoms with E-state index in [0.29, 0.717) is 11.3 Å². The number of hydrogen-bond acceptors (Lipinski definition) is 1. The number of hydrogen-bond donors (Lipinski definition) is 0. The lowest BCUT2D eigenvalue weighted by Gasteiger charge is -2.26. The second-order valence-electron chi connectivity index (χ2n) is 3.72. The third-order valence-corrected chi connectivity index (χ3v) is 1.90. The Labute approximate surface area is 58.4 Å². The molecule has 0 saturated heterocycles. The molecule has 0 aliphatic heterocycles. The SMILES string of the molecule is COC[C@H](C)C(C)(C)C. The largest absolute Gasteiger partial charge is 0.384 e. The summed E-state index contributed by atoms with van der Waals surface area (Å²) in [5, 5.41) is 0. The first kappa shape index (κ1) is 8.96. The maximum atomic E-state index is 5.03. The molecule has 0 unspecified atom stereocenters. The lowest BCUT2D eigenvalue weighted by Crippen LogP contribution is -2.21. The van der Waals surface area contributed by atoms with Gasteiger partial charge in [0.05, 0.1) is 0 Å². The van der Waals surface area contributed by atoms with Crippen LogP contribution >= 0.6 is 0 Å². The highest BCUT2D eigenvalue weighted by Gasteiger charge is 2.18. The Kier molecular flexibility index (Phi) is 3.20. The van der Waals surface area contributed by atoms with Gasteiger partial charge in [0.2, 0.25) is 0 Å². The average molecular weight is 130 g/mol. The molecule has 1 atom stereocenters. The van der Waals surface area contributed by atoms with Gasteiger partial charge in [-0.15, -0.1) is 0 Å². The van der Waals surface area contributed by atoms with Gasteiger partial charge in [-0.3, -0.25) is 0 Å². The lowest BCUT2D eigenvalue weighted by molar-refractivity contribution is 0.101. The normalized spacial score (nSPS) is 15.7. The zero-order valence-electron chi connectivity index (χ0n) is 7.19. The maximum Gasteiger partial charge on any atom is 0.0492 e. The summed E-state index contributed by atoms with van der Waals surface area (Å²) in [7, 11) is 1.75. The van der Waals surface area contributed by atoms with Crippen LogP contribution in [0.4, 0.5) is 0 Å². The summed E-state index contributed by atoms with van der Waals surface area (Å²) < 4.78 is 5.03. The van der Waals surface area contributed by atoms with E-state index in [4.69, 9.17) is 4.74 Å². The third kappa shape index (κ3) is 3.52. The summed E-state index contributed by atoms with van der Waals surface area (Å²) in [6.45, 7) is 9.77.